The van der Waals surface area contributed by atoms with Crippen molar-refractivity contribution in [2.75, 3.05) is 0 Å². The average molecular weight is 349 g/mol. The fraction of sp³-hybridized carbons (Fsp3) is 0.556. The van der Waals surface area contributed by atoms with E-state index in [1.54, 1.807) is 16.7 Å². The quantitative estimate of drug-likeness (QED) is 0.875. The third kappa shape index (κ3) is 3.42. The summed E-state index contributed by atoms with van der Waals surface area (Å²) in [4.78, 5) is 17.4. The molecule has 0 aromatic carbocycles. The van der Waals surface area contributed by atoms with Gasteiger partial charge in [-0.3, -0.25) is 9.20 Å². The summed E-state index contributed by atoms with van der Waals surface area (Å²) < 4.78 is 1.77. The van der Waals surface area contributed by atoms with Gasteiger partial charge in [-0.2, -0.15) is 0 Å². The molecule has 1 aliphatic rings. The van der Waals surface area contributed by atoms with E-state index in [1.807, 2.05) is 13.0 Å². The van der Waals surface area contributed by atoms with Crippen LogP contribution in [0.5, 0.6) is 0 Å². The van der Waals surface area contributed by atoms with Gasteiger partial charge < -0.3 is 10.6 Å². The minimum absolute atomic E-state index is 0.0163. The maximum Gasteiger partial charge on any atom is 0.270 e. The molecule has 0 aliphatic carbocycles. The van der Waals surface area contributed by atoms with Crippen LogP contribution in [0.25, 0.3) is 5.65 Å². The Morgan fingerprint density at radius 3 is 2.54 bits per heavy atom. The van der Waals surface area contributed by atoms with E-state index >= 15 is 0 Å². The Bertz CT molecular complexity index is 778. The zero-order valence-corrected chi connectivity index (χ0v) is 15.7. The first kappa shape index (κ1) is 17.2. The lowest BCUT2D eigenvalue weighted by molar-refractivity contribution is 0.0867. The van der Waals surface area contributed by atoms with Crippen molar-refractivity contribution in [1.82, 2.24) is 20.0 Å². The number of pyridine rings is 1. The van der Waals surface area contributed by atoms with Crippen LogP contribution in [-0.2, 0) is 0 Å². The van der Waals surface area contributed by atoms with Crippen molar-refractivity contribution in [2.45, 2.75) is 64.6 Å². The lowest BCUT2D eigenvalue weighted by Crippen LogP contribution is -2.62. The number of aryl methyl sites for hydroxylation is 1. The number of piperidine rings is 1. The summed E-state index contributed by atoms with van der Waals surface area (Å²) in [6, 6.07) is 3.72. The number of carbonyl (C=O) groups excluding carboxylic acids is 1. The summed E-state index contributed by atoms with van der Waals surface area (Å²) in [6.07, 6.45) is 3.51. The predicted octanol–water partition coefficient (Wildman–Crippen LogP) is 3.34. The minimum Gasteiger partial charge on any atom is -0.348 e. The Morgan fingerprint density at radius 2 is 1.92 bits per heavy atom. The number of nitrogens with one attached hydrogen (secondary N) is 2. The summed E-state index contributed by atoms with van der Waals surface area (Å²) in [5.41, 5.74) is 1.96. The Hall–Kier alpha value is -1.59. The van der Waals surface area contributed by atoms with Crippen molar-refractivity contribution >= 4 is 23.2 Å². The van der Waals surface area contributed by atoms with Gasteiger partial charge in [-0.1, -0.05) is 11.6 Å². The summed E-state index contributed by atoms with van der Waals surface area (Å²) in [5, 5.41) is 7.42. The number of hydrogen-bond acceptors (Lipinski definition) is 3. The second-order valence-corrected chi connectivity index (χ2v) is 8.53. The highest BCUT2D eigenvalue weighted by Crippen LogP contribution is 2.29. The number of carbonyl (C=O) groups is 1. The molecule has 24 heavy (non-hydrogen) atoms. The molecule has 0 radical (unpaired) electrons. The van der Waals surface area contributed by atoms with E-state index in [1.165, 1.54) is 0 Å². The van der Waals surface area contributed by atoms with Crippen LogP contribution in [0.4, 0.5) is 0 Å². The van der Waals surface area contributed by atoms with Gasteiger partial charge in [0.05, 0.1) is 10.7 Å². The Morgan fingerprint density at radius 1 is 1.29 bits per heavy atom. The Balaban J connectivity index is 1.88. The molecule has 2 aromatic heterocycles. The van der Waals surface area contributed by atoms with Crippen LogP contribution in [0.15, 0.2) is 18.3 Å². The van der Waals surface area contributed by atoms with E-state index in [0.29, 0.717) is 16.4 Å². The monoisotopic (exact) mass is 348 g/mol. The standard InChI is InChI=1S/C18H25ClN4O/c1-11-15(23-10-12(19)6-7-14(23)20-11)16(24)21-13-8-17(2,3)22-18(4,5)9-13/h6-7,10,13,22H,8-9H2,1-5H3,(H,21,24). The highest BCUT2D eigenvalue weighted by Gasteiger charge is 2.38. The molecule has 130 valence electrons. The SMILES string of the molecule is Cc1nc2ccc(Cl)cn2c1C(=O)NC1CC(C)(C)NC(C)(C)C1. The Kier molecular flexibility index (Phi) is 4.12. The number of aromatic nitrogens is 2. The van der Waals surface area contributed by atoms with Crippen molar-refractivity contribution in [3.63, 3.8) is 0 Å². The second-order valence-electron chi connectivity index (χ2n) is 8.09. The molecule has 1 saturated heterocycles. The van der Waals surface area contributed by atoms with Gasteiger partial charge in [0.15, 0.2) is 0 Å². The van der Waals surface area contributed by atoms with Crippen LogP contribution < -0.4 is 10.6 Å². The average Bonchev–Trinajstić information content (AvgIpc) is 2.69. The van der Waals surface area contributed by atoms with E-state index in [0.717, 1.165) is 18.5 Å². The lowest BCUT2D eigenvalue weighted by atomic mass is 9.79. The zero-order valence-electron chi connectivity index (χ0n) is 14.9. The fourth-order valence-electron chi connectivity index (χ4n) is 4.09. The molecule has 1 aliphatic heterocycles. The Labute approximate surface area is 147 Å². The van der Waals surface area contributed by atoms with Gasteiger partial charge in [-0.05, 0) is 59.6 Å². The molecule has 3 rings (SSSR count). The predicted molar refractivity (Wildman–Crippen MR) is 96.7 cm³/mol. The van der Waals surface area contributed by atoms with Gasteiger partial charge in [0.1, 0.15) is 11.3 Å². The molecular formula is C18H25ClN4O. The number of rotatable bonds is 2. The van der Waals surface area contributed by atoms with Crippen LogP contribution in [-0.4, -0.2) is 32.4 Å². The largest absolute Gasteiger partial charge is 0.348 e. The van der Waals surface area contributed by atoms with Gasteiger partial charge in [0, 0.05) is 23.3 Å². The molecular weight excluding hydrogens is 324 g/mol. The zero-order chi connectivity index (χ0) is 17.7. The van der Waals surface area contributed by atoms with Gasteiger partial charge in [-0.15, -0.1) is 0 Å². The number of halogens is 1. The molecule has 1 amide bonds. The molecule has 0 saturated carbocycles. The van der Waals surface area contributed by atoms with E-state index < -0.39 is 0 Å². The molecule has 0 spiro atoms. The molecule has 0 atom stereocenters. The van der Waals surface area contributed by atoms with Gasteiger partial charge in [0.25, 0.3) is 5.91 Å². The third-order valence-electron chi connectivity index (χ3n) is 4.50. The molecule has 2 N–H and O–H groups in total. The first-order chi connectivity index (χ1) is 11.1. The van der Waals surface area contributed by atoms with Crippen LogP contribution in [0.2, 0.25) is 5.02 Å². The van der Waals surface area contributed by atoms with Crippen molar-refractivity contribution in [2.24, 2.45) is 0 Å². The maximum absolute atomic E-state index is 12.9. The van der Waals surface area contributed by atoms with E-state index in [9.17, 15) is 4.79 Å². The normalized spacial score (nSPS) is 20.2. The fourth-order valence-corrected chi connectivity index (χ4v) is 4.25. The van der Waals surface area contributed by atoms with Crippen molar-refractivity contribution < 1.29 is 4.79 Å². The molecule has 2 aromatic rings. The summed E-state index contributed by atoms with van der Waals surface area (Å²) >= 11 is 6.08. The molecule has 6 heteroatoms. The number of imidazole rings is 1. The van der Waals surface area contributed by atoms with Crippen molar-refractivity contribution in [3.8, 4) is 0 Å². The highest BCUT2D eigenvalue weighted by molar-refractivity contribution is 6.30. The van der Waals surface area contributed by atoms with Gasteiger partial charge >= 0.3 is 0 Å². The maximum atomic E-state index is 12.9. The summed E-state index contributed by atoms with van der Waals surface area (Å²) in [5.74, 6) is -0.0965. The van der Waals surface area contributed by atoms with Gasteiger partial charge in [0.2, 0.25) is 0 Å². The molecule has 0 unspecified atom stereocenters. The van der Waals surface area contributed by atoms with Crippen LogP contribution >= 0.6 is 11.6 Å². The molecule has 0 bridgehead atoms. The number of nitrogens with zero attached hydrogens (tertiary/aromatic N) is 2. The first-order valence-electron chi connectivity index (χ1n) is 8.31. The van der Waals surface area contributed by atoms with Crippen molar-refractivity contribution in [1.29, 1.82) is 0 Å². The van der Waals surface area contributed by atoms with Crippen LogP contribution in [0.3, 0.4) is 0 Å². The third-order valence-corrected chi connectivity index (χ3v) is 4.72. The number of amides is 1. The lowest BCUT2D eigenvalue weighted by Gasteiger charge is -2.46. The summed E-state index contributed by atoms with van der Waals surface area (Å²) in [7, 11) is 0. The smallest absolute Gasteiger partial charge is 0.270 e. The molecule has 1 fully saturated rings. The number of fused-ring (bicyclic) bond motifs is 1. The van der Waals surface area contributed by atoms with E-state index in [-0.39, 0.29) is 23.0 Å². The second kappa shape index (κ2) is 5.74. The van der Waals surface area contributed by atoms with Gasteiger partial charge in [-0.25, -0.2) is 4.98 Å². The van der Waals surface area contributed by atoms with E-state index in [4.69, 9.17) is 11.6 Å². The van der Waals surface area contributed by atoms with Crippen molar-refractivity contribution in [3.05, 3.63) is 34.7 Å². The van der Waals surface area contributed by atoms with E-state index in [2.05, 4.69) is 43.3 Å². The number of hydrogen-bond donors (Lipinski definition) is 2. The topological polar surface area (TPSA) is 58.4 Å². The first-order valence-corrected chi connectivity index (χ1v) is 8.69. The molecule has 3 heterocycles. The van der Waals surface area contributed by atoms with Crippen LogP contribution in [0.1, 0.15) is 56.7 Å². The minimum atomic E-state index is -0.0965. The molecule has 5 nitrogen and oxygen atoms in total. The van der Waals surface area contributed by atoms with Crippen LogP contribution in [0, 0.1) is 6.92 Å². The highest BCUT2D eigenvalue weighted by atomic mass is 35.5. The summed E-state index contributed by atoms with van der Waals surface area (Å²) in [6.45, 7) is 10.5.